The van der Waals surface area contributed by atoms with Crippen LogP contribution in [0.15, 0.2) is 106 Å². The van der Waals surface area contributed by atoms with E-state index < -0.39 is 0 Å². The van der Waals surface area contributed by atoms with Crippen LogP contribution in [0.3, 0.4) is 0 Å². The van der Waals surface area contributed by atoms with E-state index in [9.17, 15) is 15.0 Å². The minimum absolute atomic E-state index is 0.00309. The number of aliphatic imine (C=N–C) groups is 3. The number of esters is 1. The third-order valence-corrected chi connectivity index (χ3v) is 9.96. The fourth-order valence-electron chi connectivity index (χ4n) is 7.51. The number of aliphatic hydroxyl groups excluding tert-OH is 2. The molecule has 0 aromatic carbocycles. The van der Waals surface area contributed by atoms with Gasteiger partial charge in [-0.25, -0.2) is 15.0 Å². The first-order valence-corrected chi connectivity index (χ1v) is 15.8. The second kappa shape index (κ2) is 11.5. The molecule has 5 aliphatic heterocycles. The van der Waals surface area contributed by atoms with E-state index in [2.05, 4.69) is 33.0 Å². The molecule has 2 atom stereocenters. The highest BCUT2D eigenvalue weighted by Crippen LogP contribution is 2.47. The number of nitrogens with one attached hydrogen (secondary N) is 1. The molecule has 1 fully saturated rings. The summed E-state index contributed by atoms with van der Waals surface area (Å²) in [4.78, 5) is 27.7. The fourth-order valence-corrected chi connectivity index (χ4v) is 7.51. The van der Waals surface area contributed by atoms with Crippen molar-refractivity contribution in [2.75, 3.05) is 13.7 Å². The molecule has 0 amide bonds. The second-order valence-corrected chi connectivity index (χ2v) is 12.4. The van der Waals surface area contributed by atoms with E-state index in [4.69, 9.17) is 19.7 Å². The summed E-state index contributed by atoms with van der Waals surface area (Å²) in [6.45, 7) is 12.5. The monoisotopic (exact) mass is 594 g/mol. The Kier molecular flexibility index (Phi) is 7.82. The van der Waals surface area contributed by atoms with Crippen molar-refractivity contribution in [3.8, 4) is 0 Å². The number of aliphatic hydroxyl groups is 2. The van der Waals surface area contributed by atoms with Crippen LogP contribution < -0.4 is 5.32 Å². The van der Waals surface area contributed by atoms with E-state index in [0.717, 1.165) is 109 Å². The van der Waals surface area contributed by atoms with Crippen LogP contribution in [-0.2, 0) is 9.53 Å². The van der Waals surface area contributed by atoms with Gasteiger partial charge in [-0.2, -0.15) is 0 Å². The molecule has 8 bridgehead atoms. The van der Waals surface area contributed by atoms with Gasteiger partial charge in [0.05, 0.1) is 47.9 Å². The SMILES string of the molecule is CCCC1=C2NC(=C3CC(O)=C4C3=NC(=C4C)C=C3N=C(C=C4N=C1C(C)=C4CO)C(C)=C3CC)[C@@H](CCC(=O)OC)[C@@H]2C. The van der Waals surface area contributed by atoms with Crippen molar-refractivity contribution < 1.29 is 19.7 Å². The average Bonchev–Trinajstić information content (AvgIpc) is 3.76. The molecule has 0 aromatic heterocycles. The predicted octanol–water partition coefficient (Wildman–Crippen LogP) is 6.77. The second-order valence-electron chi connectivity index (χ2n) is 12.4. The number of carbonyl (C=O) groups excluding carboxylic acids is 1. The summed E-state index contributed by atoms with van der Waals surface area (Å²) in [5, 5.41) is 25.7. The van der Waals surface area contributed by atoms with Gasteiger partial charge < -0.3 is 20.3 Å². The molecule has 0 radical (unpaired) electrons. The van der Waals surface area contributed by atoms with Crippen LogP contribution in [0.2, 0.25) is 0 Å². The van der Waals surface area contributed by atoms with Gasteiger partial charge in [-0.1, -0.05) is 27.2 Å². The number of hydrogen-bond donors (Lipinski definition) is 3. The smallest absolute Gasteiger partial charge is 0.305 e. The number of methoxy groups -OCH3 is 1. The van der Waals surface area contributed by atoms with E-state index in [1.54, 1.807) is 0 Å². The minimum atomic E-state index is -0.239. The first-order chi connectivity index (χ1) is 21.1. The van der Waals surface area contributed by atoms with Crippen LogP contribution in [0, 0.1) is 11.8 Å². The van der Waals surface area contributed by atoms with Gasteiger partial charge in [-0.3, -0.25) is 4.79 Å². The van der Waals surface area contributed by atoms with Crippen molar-refractivity contribution in [3.63, 3.8) is 0 Å². The molecule has 0 spiro atoms. The Balaban J connectivity index is 1.65. The maximum absolute atomic E-state index is 12.3. The highest BCUT2D eigenvalue weighted by Gasteiger charge is 2.42. The summed E-state index contributed by atoms with van der Waals surface area (Å²) < 4.78 is 5.02. The van der Waals surface area contributed by atoms with Gasteiger partial charge in [-0.15, -0.1) is 0 Å². The van der Waals surface area contributed by atoms with Gasteiger partial charge in [0.15, 0.2) is 0 Å². The maximum Gasteiger partial charge on any atom is 0.305 e. The largest absolute Gasteiger partial charge is 0.511 e. The Morgan fingerprint density at radius 2 is 1.73 bits per heavy atom. The predicted molar refractivity (Wildman–Crippen MR) is 174 cm³/mol. The highest BCUT2D eigenvalue weighted by atomic mass is 16.5. The van der Waals surface area contributed by atoms with Gasteiger partial charge in [-0.05, 0) is 80.1 Å². The van der Waals surface area contributed by atoms with Crippen LogP contribution >= 0.6 is 0 Å². The summed E-state index contributed by atoms with van der Waals surface area (Å²) >= 11 is 0. The Labute approximate surface area is 259 Å². The van der Waals surface area contributed by atoms with Crippen molar-refractivity contribution in [1.29, 1.82) is 0 Å². The molecule has 0 aromatic rings. The summed E-state index contributed by atoms with van der Waals surface area (Å²) in [6.07, 6.45) is 7.85. The van der Waals surface area contributed by atoms with Crippen molar-refractivity contribution in [1.82, 2.24) is 5.32 Å². The number of nitrogens with zero attached hydrogens (tertiary/aromatic N) is 3. The first kappa shape index (κ1) is 30.0. The standard InChI is InChI=1S/C36H42N4O4/c1-8-10-23-33-19(5)25(16-41)29(39-33)14-26-17(3)21(9-2)28(37-26)15-27-20(6)32-30(42)13-24(36(32)38-27)35-22(11-12-31(43)44-7)18(4)34(23)40-35/h14-15,18,22,40-42H,8-13,16H2,1-7H3/t18-,22-/m0/s1. The Morgan fingerprint density at radius 1 is 0.977 bits per heavy atom. The van der Waals surface area contributed by atoms with E-state index >= 15 is 0 Å². The van der Waals surface area contributed by atoms with Gasteiger partial charge >= 0.3 is 5.97 Å². The summed E-state index contributed by atoms with van der Waals surface area (Å²) in [5.74, 6) is 0.137. The van der Waals surface area contributed by atoms with Crippen molar-refractivity contribution in [2.45, 2.75) is 80.1 Å². The molecule has 1 aliphatic carbocycles. The molecular weight excluding hydrogens is 552 g/mol. The molecule has 6 aliphatic rings. The number of carbonyl (C=O) groups is 1. The van der Waals surface area contributed by atoms with Crippen LogP contribution in [-0.4, -0.2) is 47.0 Å². The van der Waals surface area contributed by atoms with E-state index in [-0.39, 0.29) is 24.4 Å². The van der Waals surface area contributed by atoms with Gasteiger partial charge in [0, 0.05) is 52.8 Å². The Morgan fingerprint density at radius 3 is 2.41 bits per heavy atom. The number of ether oxygens (including phenoxy) is 1. The molecular formula is C36H42N4O4. The van der Waals surface area contributed by atoms with Crippen LogP contribution in [0.4, 0.5) is 0 Å². The normalized spacial score (nSPS) is 24.4. The highest BCUT2D eigenvalue weighted by molar-refractivity contribution is 6.21. The number of rotatable bonds is 7. The lowest BCUT2D eigenvalue weighted by atomic mass is 9.84. The lowest BCUT2D eigenvalue weighted by Gasteiger charge is -2.18. The van der Waals surface area contributed by atoms with Crippen molar-refractivity contribution in [3.05, 3.63) is 91.0 Å². The van der Waals surface area contributed by atoms with E-state index in [0.29, 0.717) is 25.0 Å². The Hall–Kier alpha value is -4.04. The molecule has 5 heterocycles. The number of fused-ring (bicyclic) bond motifs is 5. The van der Waals surface area contributed by atoms with E-state index in [1.165, 1.54) is 7.11 Å². The molecule has 0 saturated carbocycles. The zero-order valence-electron chi connectivity index (χ0n) is 26.8. The molecule has 3 N–H and O–H groups in total. The van der Waals surface area contributed by atoms with Crippen molar-refractivity contribution in [2.24, 2.45) is 26.8 Å². The lowest BCUT2D eigenvalue weighted by Crippen LogP contribution is -2.17. The van der Waals surface area contributed by atoms with E-state index in [1.807, 2.05) is 26.0 Å². The van der Waals surface area contributed by atoms with Crippen LogP contribution in [0.1, 0.15) is 80.1 Å². The summed E-state index contributed by atoms with van der Waals surface area (Å²) in [5.41, 5.74) is 14.9. The number of allylic oxidation sites excluding steroid dienone is 11. The fraction of sp³-hybridized carbons (Fsp3) is 0.444. The van der Waals surface area contributed by atoms with Gasteiger partial charge in [0.25, 0.3) is 0 Å². The third-order valence-electron chi connectivity index (χ3n) is 9.96. The molecule has 230 valence electrons. The Bertz CT molecular complexity index is 1730. The molecule has 6 rings (SSSR count). The molecule has 8 heteroatoms. The quantitative estimate of drug-likeness (QED) is 0.281. The number of hydrogen-bond acceptors (Lipinski definition) is 8. The third kappa shape index (κ3) is 4.62. The van der Waals surface area contributed by atoms with Gasteiger partial charge in [0.2, 0.25) is 0 Å². The van der Waals surface area contributed by atoms with Crippen molar-refractivity contribution >= 4 is 23.1 Å². The molecule has 44 heavy (non-hydrogen) atoms. The summed E-state index contributed by atoms with van der Waals surface area (Å²) in [6, 6.07) is 0. The zero-order chi connectivity index (χ0) is 31.4. The zero-order valence-corrected chi connectivity index (χ0v) is 26.8. The van der Waals surface area contributed by atoms with Crippen LogP contribution in [0.5, 0.6) is 0 Å². The molecule has 0 unspecified atom stereocenters. The first-order valence-electron chi connectivity index (χ1n) is 15.8. The van der Waals surface area contributed by atoms with Gasteiger partial charge in [0.1, 0.15) is 5.76 Å². The topological polar surface area (TPSA) is 116 Å². The lowest BCUT2D eigenvalue weighted by molar-refractivity contribution is -0.140. The summed E-state index contributed by atoms with van der Waals surface area (Å²) in [7, 11) is 1.42. The molecule has 1 saturated heterocycles. The maximum atomic E-state index is 12.3. The average molecular weight is 595 g/mol. The van der Waals surface area contributed by atoms with Crippen LogP contribution in [0.25, 0.3) is 0 Å². The minimum Gasteiger partial charge on any atom is -0.511 e. The molecule has 8 nitrogen and oxygen atoms in total.